The zero-order valence-corrected chi connectivity index (χ0v) is 20.9. The number of nitrogens with zero attached hydrogens (tertiary/aromatic N) is 4. The molecule has 4 rings (SSSR count). The molecule has 1 saturated heterocycles. The van der Waals surface area contributed by atoms with Crippen LogP contribution in [0.5, 0.6) is 5.75 Å². The third-order valence-corrected chi connectivity index (χ3v) is 6.68. The van der Waals surface area contributed by atoms with Crippen LogP contribution in [0.1, 0.15) is 19.3 Å². The lowest BCUT2D eigenvalue weighted by molar-refractivity contribution is -0.131. The molecule has 0 radical (unpaired) electrons. The van der Waals surface area contributed by atoms with Crippen molar-refractivity contribution in [3.8, 4) is 5.75 Å². The minimum absolute atomic E-state index is 0.0955. The van der Waals surface area contributed by atoms with Gasteiger partial charge in [-0.3, -0.25) is 14.5 Å². The topological polar surface area (TPSA) is 101 Å². The van der Waals surface area contributed by atoms with Crippen LogP contribution in [0.2, 0.25) is 0 Å². The number of fused-ring (bicyclic) bond motifs is 1. The molecule has 2 heterocycles. The Hall–Kier alpha value is -3.82. The van der Waals surface area contributed by atoms with Crippen LogP contribution in [0.25, 0.3) is 0 Å². The number of urea groups is 1. The number of rotatable bonds is 9. The Balaban J connectivity index is 1.23. The molecule has 1 aliphatic carbocycles. The summed E-state index contributed by atoms with van der Waals surface area (Å²) in [6, 6.07) is 7.33. The molecule has 192 valence electrons. The average molecular weight is 497 g/mol. The van der Waals surface area contributed by atoms with Crippen LogP contribution < -0.4 is 9.64 Å². The highest BCUT2D eigenvalue weighted by Crippen LogP contribution is 2.27. The van der Waals surface area contributed by atoms with Crippen LogP contribution in [-0.2, 0) is 19.1 Å². The van der Waals surface area contributed by atoms with Gasteiger partial charge in [0, 0.05) is 50.9 Å². The maximum Gasteiger partial charge on any atom is 0.350 e. The molecule has 0 spiro atoms. The molecule has 1 aromatic rings. The molecule has 1 unspecified atom stereocenters. The number of imide groups is 1. The van der Waals surface area contributed by atoms with Crippen LogP contribution in [-0.4, -0.2) is 87.4 Å². The van der Waals surface area contributed by atoms with Gasteiger partial charge in [0.1, 0.15) is 11.7 Å². The van der Waals surface area contributed by atoms with Gasteiger partial charge < -0.3 is 24.0 Å². The lowest BCUT2D eigenvalue weighted by atomic mass is 9.93. The summed E-state index contributed by atoms with van der Waals surface area (Å²) >= 11 is 0. The number of amides is 4. The van der Waals surface area contributed by atoms with Crippen molar-refractivity contribution < 1.29 is 28.6 Å². The number of benzene rings is 1. The summed E-state index contributed by atoms with van der Waals surface area (Å²) in [5, 5.41) is 0. The third-order valence-electron chi connectivity index (χ3n) is 6.68. The van der Waals surface area contributed by atoms with E-state index >= 15 is 0 Å². The van der Waals surface area contributed by atoms with E-state index in [4.69, 9.17) is 14.2 Å². The summed E-state index contributed by atoms with van der Waals surface area (Å²) in [5.41, 5.74) is 1.46. The Morgan fingerprint density at radius 2 is 1.64 bits per heavy atom. The second kappa shape index (κ2) is 11.3. The summed E-state index contributed by atoms with van der Waals surface area (Å²) in [5.74, 6) is 0.747. The SMILES string of the molecule is COC1=CC2=NC(=O)N(CCCCC(=O)N3CCN(c4ccc(OC)cc4)CC3)C(=O)C2C=C1OC. The van der Waals surface area contributed by atoms with E-state index in [2.05, 4.69) is 9.89 Å². The monoisotopic (exact) mass is 496 g/mol. The number of hydrogen-bond acceptors (Lipinski definition) is 7. The highest BCUT2D eigenvalue weighted by atomic mass is 16.5. The minimum atomic E-state index is -0.680. The van der Waals surface area contributed by atoms with Gasteiger partial charge in [0.05, 0.1) is 27.0 Å². The van der Waals surface area contributed by atoms with Gasteiger partial charge in [-0.1, -0.05) is 0 Å². The lowest BCUT2D eigenvalue weighted by Gasteiger charge is -2.36. The normalized spacial score (nSPS) is 19.8. The van der Waals surface area contributed by atoms with Gasteiger partial charge >= 0.3 is 6.03 Å². The Morgan fingerprint density at radius 3 is 2.28 bits per heavy atom. The molecule has 1 fully saturated rings. The number of carbonyl (C=O) groups excluding carboxylic acids is 3. The van der Waals surface area contributed by atoms with E-state index < -0.39 is 11.9 Å². The first-order chi connectivity index (χ1) is 17.4. The van der Waals surface area contributed by atoms with Crippen molar-refractivity contribution in [3.05, 3.63) is 47.9 Å². The van der Waals surface area contributed by atoms with E-state index in [9.17, 15) is 14.4 Å². The first-order valence-corrected chi connectivity index (χ1v) is 12.1. The molecule has 10 heteroatoms. The summed E-state index contributed by atoms with van der Waals surface area (Å²) in [6.45, 7) is 3.09. The summed E-state index contributed by atoms with van der Waals surface area (Å²) in [7, 11) is 4.62. The molecule has 0 saturated carbocycles. The Bertz CT molecular complexity index is 1090. The van der Waals surface area contributed by atoms with Gasteiger partial charge in [0.25, 0.3) is 0 Å². The van der Waals surface area contributed by atoms with Crippen molar-refractivity contribution in [1.29, 1.82) is 0 Å². The number of hydrogen-bond donors (Lipinski definition) is 0. The van der Waals surface area contributed by atoms with Crippen molar-refractivity contribution in [1.82, 2.24) is 9.80 Å². The molecule has 1 aromatic carbocycles. The Labute approximate surface area is 210 Å². The number of allylic oxidation sites excluding steroid dienone is 1. The van der Waals surface area contributed by atoms with E-state index in [1.165, 1.54) is 14.2 Å². The molecule has 2 aliphatic heterocycles. The molecular formula is C26H32N4O6. The van der Waals surface area contributed by atoms with E-state index in [1.54, 1.807) is 19.3 Å². The first-order valence-electron chi connectivity index (χ1n) is 12.1. The minimum Gasteiger partial charge on any atom is -0.497 e. The molecule has 0 aromatic heterocycles. The average Bonchev–Trinajstić information content (AvgIpc) is 2.91. The highest BCUT2D eigenvalue weighted by Gasteiger charge is 2.38. The van der Waals surface area contributed by atoms with Gasteiger partial charge in [-0.25, -0.2) is 4.79 Å². The van der Waals surface area contributed by atoms with Crippen molar-refractivity contribution in [2.75, 3.05) is 59.0 Å². The van der Waals surface area contributed by atoms with Gasteiger partial charge in [0.2, 0.25) is 11.8 Å². The van der Waals surface area contributed by atoms with Crippen molar-refractivity contribution in [2.24, 2.45) is 10.9 Å². The fourth-order valence-corrected chi connectivity index (χ4v) is 4.59. The number of carbonyl (C=O) groups is 3. The smallest absolute Gasteiger partial charge is 0.350 e. The van der Waals surface area contributed by atoms with Gasteiger partial charge in [-0.15, -0.1) is 0 Å². The molecular weight excluding hydrogens is 464 g/mol. The van der Waals surface area contributed by atoms with Crippen molar-refractivity contribution >= 4 is 29.2 Å². The van der Waals surface area contributed by atoms with Crippen molar-refractivity contribution in [3.63, 3.8) is 0 Å². The summed E-state index contributed by atoms with van der Waals surface area (Å²) in [4.78, 5) is 47.5. The number of aliphatic imine (C=N–C) groups is 1. The fourth-order valence-electron chi connectivity index (χ4n) is 4.59. The predicted molar refractivity (Wildman–Crippen MR) is 134 cm³/mol. The van der Waals surface area contributed by atoms with Crippen molar-refractivity contribution in [2.45, 2.75) is 19.3 Å². The fraction of sp³-hybridized carbons (Fsp3) is 0.462. The summed E-state index contributed by atoms with van der Waals surface area (Å²) < 4.78 is 15.7. The first kappa shape index (κ1) is 25.3. The van der Waals surface area contributed by atoms with Crippen LogP contribution >= 0.6 is 0 Å². The Morgan fingerprint density at radius 1 is 0.944 bits per heavy atom. The molecule has 36 heavy (non-hydrogen) atoms. The number of ether oxygens (including phenoxy) is 3. The van der Waals surface area contributed by atoms with E-state index in [1.807, 2.05) is 29.2 Å². The number of piperazine rings is 1. The van der Waals surface area contributed by atoms with Crippen LogP contribution in [0.15, 0.2) is 52.9 Å². The lowest BCUT2D eigenvalue weighted by Crippen LogP contribution is -2.48. The molecule has 4 amide bonds. The largest absolute Gasteiger partial charge is 0.497 e. The molecule has 0 N–H and O–H groups in total. The van der Waals surface area contributed by atoms with E-state index in [0.29, 0.717) is 49.6 Å². The van der Waals surface area contributed by atoms with Crippen LogP contribution in [0.4, 0.5) is 10.5 Å². The quantitative estimate of drug-likeness (QED) is 0.485. The van der Waals surface area contributed by atoms with Gasteiger partial charge in [-0.05, 0) is 43.2 Å². The molecule has 3 aliphatic rings. The molecule has 10 nitrogen and oxygen atoms in total. The predicted octanol–water partition coefficient (Wildman–Crippen LogP) is 2.61. The third kappa shape index (κ3) is 5.37. The zero-order chi connectivity index (χ0) is 25.7. The maximum atomic E-state index is 13.0. The maximum absolute atomic E-state index is 13.0. The number of unbranched alkanes of at least 4 members (excludes halogenated alkanes) is 1. The zero-order valence-electron chi connectivity index (χ0n) is 20.9. The number of methoxy groups -OCH3 is 3. The Kier molecular flexibility index (Phi) is 7.92. The molecule has 1 atom stereocenters. The highest BCUT2D eigenvalue weighted by molar-refractivity contribution is 6.22. The van der Waals surface area contributed by atoms with Crippen LogP contribution in [0.3, 0.4) is 0 Å². The summed E-state index contributed by atoms with van der Waals surface area (Å²) in [6.07, 6.45) is 4.68. The van der Waals surface area contributed by atoms with Crippen LogP contribution in [0, 0.1) is 5.92 Å². The van der Waals surface area contributed by atoms with Gasteiger partial charge in [-0.2, -0.15) is 4.99 Å². The van der Waals surface area contributed by atoms with Gasteiger partial charge in [0.15, 0.2) is 11.5 Å². The number of anilines is 1. The molecule has 0 bridgehead atoms. The second-order valence-electron chi connectivity index (χ2n) is 8.76. The van der Waals surface area contributed by atoms with E-state index in [0.717, 1.165) is 29.4 Å². The standard InChI is InChI=1S/C26H32N4O6/c1-34-19-9-7-18(8-10-19)28-12-14-29(15-13-28)24(31)6-4-5-11-30-25(32)20-16-22(35-2)23(36-3)17-21(20)27-26(30)33/h7-10,16-17,20H,4-6,11-15H2,1-3H3. The van der Waals surface area contributed by atoms with E-state index in [-0.39, 0.29) is 18.4 Å². The second-order valence-corrected chi connectivity index (χ2v) is 8.76.